The SMILES string of the molecule is Cc1nnc(NC(=O)Cn2cnc3scc(-c4ccccc4)c3c2=O)s1. The van der Waals surface area contributed by atoms with Crippen LogP contribution in [0.4, 0.5) is 5.13 Å². The molecule has 3 heterocycles. The molecule has 1 amide bonds. The molecule has 4 rings (SSSR count). The van der Waals surface area contributed by atoms with E-state index < -0.39 is 0 Å². The van der Waals surface area contributed by atoms with Crippen molar-refractivity contribution in [2.45, 2.75) is 13.5 Å². The number of aryl methyl sites for hydroxylation is 1. The van der Waals surface area contributed by atoms with Crippen LogP contribution in [0.25, 0.3) is 21.3 Å². The van der Waals surface area contributed by atoms with Crippen LogP contribution in [0.15, 0.2) is 46.8 Å². The molecule has 4 aromatic rings. The van der Waals surface area contributed by atoms with E-state index >= 15 is 0 Å². The van der Waals surface area contributed by atoms with E-state index in [1.54, 1.807) is 6.92 Å². The highest BCUT2D eigenvalue weighted by Gasteiger charge is 2.15. The lowest BCUT2D eigenvalue weighted by Gasteiger charge is -2.06. The first-order valence-corrected chi connectivity index (χ1v) is 9.43. The van der Waals surface area contributed by atoms with Crippen LogP contribution < -0.4 is 10.9 Å². The number of fused-ring (bicyclic) bond motifs is 1. The maximum atomic E-state index is 12.9. The molecule has 1 aromatic carbocycles. The first-order valence-electron chi connectivity index (χ1n) is 7.74. The Kier molecular flexibility index (Phi) is 4.31. The first-order chi connectivity index (χ1) is 12.6. The monoisotopic (exact) mass is 383 g/mol. The van der Waals surface area contributed by atoms with E-state index in [9.17, 15) is 9.59 Å². The minimum absolute atomic E-state index is 0.134. The lowest BCUT2D eigenvalue weighted by atomic mass is 10.1. The first kappa shape index (κ1) is 16.6. The summed E-state index contributed by atoms with van der Waals surface area (Å²) >= 11 is 2.69. The topological polar surface area (TPSA) is 89.8 Å². The van der Waals surface area contributed by atoms with Gasteiger partial charge in [0.1, 0.15) is 16.4 Å². The molecule has 0 aliphatic carbocycles. The van der Waals surface area contributed by atoms with Gasteiger partial charge in [-0.05, 0) is 12.5 Å². The molecule has 0 saturated carbocycles. The van der Waals surface area contributed by atoms with Crippen LogP contribution in [0, 0.1) is 6.92 Å². The smallest absolute Gasteiger partial charge is 0.263 e. The molecule has 1 N–H and O–H groups in total. The summed E-state index contributed by atoms with van der Waals surface area (Å²) in [6, 6.07) is 9.66. The highest BCUT2D eigenvalue weighted by molar-refractivity contribution is 7.17. The maximum absolute atomic E-state index is 12.9. The zero-order valence-electron chi connectivity index (χ0n) is 13.7. The second kappa shape index (κ2) is 6.77. The molecule has 130 valence electrons. The minimum atomic E-state index is -0.346. The Morgan fingerprint density at radius 2 is 2.04 bits per heavy atom. The molecule has 9 heteroatoms. The normalized spacial score (nSPS) is 11.0. The molecular weight excluding hydrogens is 370 g/mol. The number of nitrogens with one attached hydrogen (secondary N) is 1. The summed E-state index contributed by atoms with van der Waals surface area (Å²) in [6.45, 7) is 1.67. The Labute approximate surface area is 156 Å². The number of thiophene rings is 1. The summed E-state index contributed by atoms with van der Waals surface area (Å²) in [5.41, 5.74) is 1.54. The van der Waals surface area contributed by atoms with Crippen LogP contribution in [-0.2, 0) is 11.3 Å². The van der Waals surface area contributed by atoms with Crippen LogP contribution in [0.2, 0.25) is 0 Å². The fraction of sp³-hybridized carbons (Fsp3) is 0.118. The fourth-order valence-corrected chi connectivity index (χ4v) is 4.09. The number of hydrogen-bond acceptors (Lipinski definition) is 7. The van der Waals surface area contributed by atoms with E-state index in [1.807, 2.05) is 35.7 Å². The molecule has 0 saturated heterocycles. The third-order valence-electron chi connectivity index (χ3n) is 3.73. The molecule has 3 aromatic heterocycles. The second-order valence-corrected chi connectivity index (χ2v) is 7.59. The van der Waals surface area contributed by atoms with Crippen molar-refractivity contribution < 1.29 is 4.79 Å². The number of nitrogens with zero attached hydrogens (tertiary/aromatic N) is 4. The van der Waals surface area contributed by atoms with Gasteiger partial charge in [-0.15, -0.1) is 21.5 Å². The fourth-order valence-electron chi connectivity index (χ4n) is 2.57. The summed E-state index contributed by atoms with van der Waals surface area (Å²) in [7, 11) is 0. The average Bonchev–Trinajstić information content (AvgIpc) is 3.25. The molecule has 0 radical (unpaired) electrons. The number of benzene rings is 1. The van der Waals surface area contributed by atoms with Gasteiger partial charge < -0.3 is 0 Å². The van der Waals surface area contributed by atoms with E-state index in [1.165, 1.54) is 33.6 Å². The van der Waals surface area contributed by atoms with Crippen molar-refractivity contribution in [3.05, 3.63) is 57.4 Å². The molecule has 7 nitrogen and oxygen atoms in total. The van der Waals surface area contributed by atoms with Crippen LogP contribution in [-0.4, -0.2) is 25.7 Å². The molecule has 0 aliphatic rings. The van der Waals surface area contributed by atoms with Gasteiger partial charge in [0.05, 0.1) is 11.7 Å². The molecule has 0 aliphatic heterocycles. The quantitative estimate of drug-likeness (QED) is 0.585. The lowest BCUT2D eigenvalue weighted by molar-refractivity contribution is -0.116. The molecule has 26 heavy (non-hydrogen) atoms. The summed E-state index contributed by atoms with van der Waals surface area (Å²) in [4.78, 5) is 30.1. The predicted octanol–water partition coefficient (Wildman–Crippen LogP) is 2.92. The summed E-state index contributed by atoms with van der Waals surface area (Å²) in [5.74, 6) is -0.346. The van der Waals surface area contributed by atoms with E-state index in [4.69, 9.17) is 0 Å². The Balaban J connectivity index is 1.67. The molecule has 0 atom stereocenters. The van der Waals surface area contributed by atoms with Crippen molar-refractivity contribution in [2.24, 2.45) is 0 Å². The maximum Gasteiger partial charge on any atom is 0.263 e. The van der Waals surface area contributed by atoms with Gasteiger partial charge in [0.15, 0.2) is 0 Å². The Hall–Kier alpha value is -2.91. The largest absolute Gasteiger partial charge is 0.299 e. The van der Waals surface area contributed by atoms with Crippen molar-refractivity contribution in [1.82, 2.24) is 19.7 Å². The van der Waals surface area contributed by atoms with Gasteiger partial charge >= 0.3 is 0 Å². The van der Waals surface area contributed by atoms with Gasteiger partial charge in [-0.25, -0.2) is 4.98 Å². The summed E-state index contributed by atoms with van der Waals surface area (Å²) < 4.78 is 1.31. The minimum Gasteiger partial charge on any atom is -0.299 e. The van der Waals surface area contributed by atoms with Crippen molar-refractivity contribution >= 4 is 43.9 Å². The Bertz CT molecular complexity index is 1150. The number of carbonyl (C=O) groups is 1. The number of anilines is 1. The van der Waals surface area contributed by atoms with E-state index in [0.717, 1.165) is 16.1 Å². The van der Waals surface area contributed by atoms with Gasteiger partial charge in [0, 0.05) is 10.9 Å². The van der Waals surface area contributed by atoms with E-state index in [2.05, 4.69) is 20.5 Å². The standard InChI is InChI=1S/C17H13N5O2S2/c1-10-20-21-17(26-10)19-13(23)7-22-9-18-15-14(16(22)24)12(8-25-15)11-5-3-2-4-6-11/h2-6,8-9H,7H2,1H3,(H,19,21,23). The van der Waals surface area contributed by atoms with Crippen LogP contribution in [0.1, 0.15) is 5.01 Å². The number of rotatable bonds is 4. The van der Waals surface area contributed by atoms with Gasteiger partial charge in [0.25, 0.3) is 5.56 Å². The summed E-state index contributed by atoms with van der Waals surface area (Å²) in [5, 5.41) is 14.0. The molecule has 0 bridgehead atoms. The van der Waals surface area contributed by atoms with Crippen LogP contribution >= 0.6 is 22.7 Å². The number of carbonyl (C=O) groups excluding carboxylic acids is 1. The third kappa shape index (κ3) is 3.14. The zero-order valence-corrected chi connectivity index (χ0v) is 15.3. The second-order valence-electron chi connectivity index (χ2n) is 5.55. The highest BCUT2D eigenvalue weighted by Crippen LogP contribution is 2.30. The molecule has 0 unspecified atom stereocenters. The summed E-state index contributed by atoms with van der Waals surface area (Å²) in [6.07, 6.45) is 1.40. The third-order valence-corrected chi connectivity index (χ3v) is 5.37. The van der Waals surface area contributed by atoms with Crippen molar-refractivity contribution in [3.63, 3.8) is 0 Å². The number of hydrogen-bond donors (Lipinski definition) is 1. The van der Waals surface area contributed by atoms with Crippen LogP contribution in [0.5, 0.6) is 0 Å². The molecule has 0 fully saturated rings. The van der Waals surface area contributed by atoms with Crippen molar-refractivity contribution in [3.8, 4) is 11.1 Å². The predicted molar refractivity (Wildman–Crippen MR) is 103 cm³/mol. The Morgan fingerprint density at radius 3 is 2.77 bits per heavy atom. The van der Waals surface area contributed by atoms with E-state index in [-0.39, 0.29) is 18.0 Å². The number of aromatic nitrogens is 4. The Morgan fingerprint density at radius 1 is 1.23 bits per heavy atom. The van der Waals surface area contributed by atoms with E-state index in [0.29, 0.717) is 15.3 Å². The highest BCUT2D eigenvalue weighted by atomic mass is 32.1. The molecular formula is C17H13N5O2S2. The lowest BCUT2D eigenvalue weighted by Crippen LogP contribution is -2.27. The van der Waals surface area contributed by atoms with Gasteiger partial charge in [-0.2, -0.15) is 0 Å². The zero-order chi connectivity index (χ0) is 18.1. The molecule has 0 spiro atoms. The number of amides is 1. The van der Waals surface area contributed by atoms with Crippen LogP contribution in [0.3, 0.4) is 0 Å². The van der Waals surface area contributed by atoms with Gasteiger partial charge in [-0.3, -0.25) is 19.5 Å². The van der Waals surface area contributed by atoms with Crippen molar-refractivity contribution in [2.75, 3.05) is 5.32 Å². The van der Waals surface area contributed by atoms with Gasteiger partial charge in [-0.1, -0.05) is 41.7 Å². The average molecular weight is 383 g/mol. The van der Waals surface area contributed by atoms with Crippen molar-refractivity contribution in [1.29, 1.82) is 0 Å². The van der Waals surface area contributed by atoms with Gasteiger partial charge in [0.2, 0.25) is 11.0 Å².